The third kappa shape index (κ3) is 5.30. The minimum Gasteiger partial charge on any atom is -0.452 e. The Bertz CT molecular complexity index is 859. The highest BCUT2D eigenvalue weighted by atomic mass is 35.5. The van der Waals surface area contributed by atoms with Crippen molar-refractivity contribution in [2.75, 3.05) is 11.9 Å². The van der Waals surface area contributed by atoms with Crippen molar-refractivity contribution in [2.45, 2.75) is 27.3 Å². The predicted octanol–water partition coefficient (Wildman–Crippen LogP) is 2.40. The molecule has 27 heavy (non-hydrogen) atoms. The van der Waals surface area contributed by atoms with Crippen molar-refractivity contribution in [3.05, 3.63) is 46.2 Å². The minimum atomic E-state index is -0.716. The fraction of sp³-hybridized carbons (Fsp3) is 0.333. The topological polar surface area (TPSA) is 116 Å². The van der Waals surface area contributed by atoms with Crippen LogP contribution in [0.5, 0.6) is 0 Å². The lowest BCUT2D eigenvalue weighted by Crippen LogP contribution is -2.21. The first-order chi connectivity index (χ1) is 12.7. The van der Waals surface area contributed by atoms with Crippen LogP contribution in [0, 0.1) is 12.8 Å². The Morgan fingerprint density at radius 2 is 1.89 bits per heavy atom. The molecule has 0 bridgehead atoms. The summed E-state index contributed by atoms with van der Waals surface area (Å²) in [5.74, 6) is -1.50. The van der Waals surface area contributed by atoms with E-state index in [0.717, 1.165) is 0 Å². The molecule has 0 aliphatic carbocycles. The van der Waals surface area contributed by atoms with Gasteiger partial charge in [0, 0.05) is 17.8 Å². The first-order valence-corrected chi connectivity index (χ1v) is 8.66. The van der Waals surface area contributed by atoms with Crippen molar-refractivity contribution in [1.29, 1.82) is 0 Å². The SMILES string of the molecule is Cc1nn(CC(C)C)c(Cl)c1C(=O)OCC(=O)Nc1ccc(C(N)=O)cc1. The number of benzene rings is 1. The summed E-state index contributed by atoms with van der Waals surface area (Å²) in [6, 6.07) is 6.01. The summed E-state index contributed by atoms with van der Waals surface area (Å²) in [6.45, 7) is 5.74. The second-order valence-electron chi connectivity index (χ2n) is 6.39. The van der Waals surface area contributed by atoms with Crippen molar-refractivity contribution in [2.24, 2.45) is 11.7 Å². The highest BCUT2D eigenvalue weighted by molar-refractivity contribution is 6.32. The van der Waals surface area contributed by atoms with Crippen LogP contribution in [0.3, 0.4) is 0 Å². The number of amides is 2. The number of aromatic nitrogens is 2. The van der Waals surface area contributed by atoms with E-state index in [1.165, 1.54) is 24.3 Å². The molecule has 2 rings (SSSR count). The fourth-order valence-electron chi connectivity index (χ4n) is 2.37. The molecule has 0 saturated carbocycles. The number of nitrogens with one attached hydrogen (secondary N) is 1. The average Bonchev–Trinajstić information content (AvgIpc) is 2.86. The number of carbonyl (C=O) groups is 3. The third-order valence-corrected chi connectivity index (χ3v) is 3.98. The maximum atomic E-state index is 12.3. The smallest absolute Gasteiger partial charge is 0.343 e. The summed E-state index contributed by atoms with van der Waals surface area (Å²) >= 11 is 6.22. The van der Waals surface area contributed by atoms with Gasteiger partial charge in [0.15, 0.2) is 6.61 Å². The third-order valence-electron chi connectivity index (χ3n) is 3.60. The summed E-state index contributed by atoms with van der Waals surface area (Å²) in [6.07, 6.45) is 0. The van der Waals surface area contributed by atoms with E-state index in [0.29, 0.717) is 29.4 Å². The van der Waals surface area contributed by atoms with E-state index in [9.17, 15) is 14.4 Å². The summed E-state index contributed by atoms with van der Waals surface area (Å²) in [5.41, 5.74) is 6.51. The Morgan fingerprint density at radius 1 is 1.26 bits per heavy atom. The first kappa shape index (κ1) is 20.4. The van der Waals surface area contributed by atoms with Gasteiger partial charge in [-0.15, -0.1) is 0 Å². The number of esters is 1. The lowest BCUT2D eigenvalue weighted by molar-refractivity contribution is -0.119. The Kier molecular flexibility index (Phi) is 6.57. The van der Waals surface area contributed by atoms with E-state index in [2.05, 4.69) is 10.4 Å². The largest absolute Gasteiger partial charge is 0.452 e. The van der Waals surface area contributed by atoms with Crippen LogP contribution in [0.1, 0.15) is 40.3 Å². The average molecular weight is 393 g/mol. The summed E-state index contributed by atoms with van der Waals surface area (Å²) in [4.78, 5) is 35.2. The number of anilines is 1. The molecular formula is C18H21ClN4O4. The molecular weight excluding hydrogens is 372 g/mol. The second-order valence-corrected chi connectivity index (χ2v) is 6.75. The summed E-state index contributed by atoms with van der Waals surface area (Å²) < 4.78 is 6.58. The Labute approximate surface area is 161 Å². The van der Waals surface area contributed by atoms with Crippen LogP contribution in [-0.2, 0) is 16.1 Å². The fourth-order valence-corrected chi connectivity index (χ4v) is 2.69. The molecule has 9 heteroatoms. The number of carbonyl (C=O) groups excluding carboxylic acids is 3. The number of rotatable bonds is 7. The number of aryl methyl sites for hydroxylation is 1. The number of hydrogen-bond acceptors (Lipinski definition) is 5. The van der Waals surface area contributed by atoms with Gasteiger partial charge in [0.1, 0.15) is 10.7 Å². The number of ether oxygens (including phenoxy) is 1. The van der Waals surface area contributed by atoms with Gasteiger partial charge in [-0.05, 0) is 37.1 Å². The van der Waals surface area contributed by atoms with E-state index in [1.807, 2.05) is 13.8 Å². The quantitative estimate of drug-likeness (QED) is 0.702. The molecule has 1 aromatic carbocycles. The van der Waals surface area contributed by atoms with Crippen LogP contribution in [0.4, 0.5) is 5.69 Å². The molecule has 0 saturated heterocycles. The van der Waals surface area contributed by atoms with Crippen molar-refractivity contribution in [3.8, 4) is 0 Å². The van der Waals surface area contributed by atoms with E-state index in [1.54, 1.807) is 11.6 Å². The molecule has 0 aliphatic heterocycles. The molecule has 0 spiro atoms. The molecule has 1 heterocycles. The van der Waals surface area contributed by atoms with Crippen LogP contribution < -0.4 is 11.1 Å². The van der Waals surface area contributed by atoms with Crippen LogP contribution in [0.15, 0.2) is 24.3 Å². The van der Waals surface area contributed by atoms with E-state index >= 15 is 0 Å². The van der Waals surface area contributed by atoms with Gasteiger partial charge in [-0.3, -0.25) is 14.3 Å². The molecule has 8 nitrogen and oxygen atoms in total. The Balaban J connectivity index is 1.96. The number of primary amides is 1. The molecule has 3 N–H and O–H groups in total. The van der Waals surface area contributed by atoms with Crippen LogP contribution in [0.25, 0.3) is 0 Å². The molecule has 1 aromatic heterocycles. The normalized spacial score (nSPS) is 10.7. The summed E-state index contributed by atoms with van der Waals surface area (Å²) in [5, 5.41) is 6.98. The molecule has 0 atom stereocenters. The number of nitrogens with zero attached hydrogens (tertiary/aromatic N) is 2. The van der Waals surface area contributed by atoms with E-state index in [-0.39, 0.29) is 10.7 Å². The lowest BCUT2D eigenvalue weighted by Gasteiger charge is -2.08. The molecule has 2 amide bonds. The summed E-state index contributed by atoms with van der Waals surface area (Å²) in [7, 11) is 0. The number of hydrogen-bond donors (Lipinski definition) is 2. The first-order valence-electron chi connectivity index (χ1n) is 8.28. The predicted molar refractivity (Wildman–Crippen MR) is 101 cm³/mol. The van der Waals surface area contributed by atoms with E-state index in [4.69, 9.17) is 22.1 Å². The molecule has 0 aliphatic rings. The molecule has 0 fully saturated rings. The van der Waals surface area contributed by atoms with Gasteiger partial charge in [-0.2, -0.15) is 5.10 Å². The zero-order valence-corrected chi connectivity index (χ0v) is 16.0. The molecule has 144 valence electrons. The van der Waals surface area contributed by atoms with Gasteiger partial charge in [0.2, 0.25) is 5.91 Å². The molecule has 0 radical (unpaired) electrons. The van der Waals surface area contributed by atoms with Crippen LogP contribution >= 0.6 is 11.6 Å². The Hall–Kier alpha value is -2.87. The number of halogens is 1. The van der Waals surface area contributed by atoms with Gasteiger partial charge >= 0.3 is 5.97 Å². The van der Waals surface area contributed by atoms with Gasteiger partial charge < -0.3 is 15.8 Å². The van der Waals surface area contributed by atoms with Crippen LogP contribution in [-0.4, -0.2) is 34.2 Å². The molecule has 2 aromatic rings. The zero-order valence-electron chi connectivity index (χ0n) is 15.3. The molecule has 0 unspecified atom stereocenters. The highest BCUT2D eigenvalue weighted by Gasteiger charge is 2.22. The van der Waals surface area contributed by atoms with Crippen molar-refractivity contribution >= 4 is 35.1 Å². The maximum absolute atomic E-state index is 12.3. The standard InChI is InChI=1S/C18H21ClN4O4/c1-10(2)8-23-16(19)15(11(3)22-23)18(26)27-9-14(24)21-13-6-4-12(5-7-13)17(20)25/h4-7,10H,8-9H2,1-3H3,(H2,20,25)(H,21,24). The number of nitrogens with two attached hydrogens (primary N) is 1. The van der Waals surface area contributed by atoms with Crippen LogP contribution in [0.2, 0.25) is 5.15 Å². The maximum Gasteiger partial charge on any atom is 0.343 e. The van der Waals surface area contributed by atoms with Crippen molar-refractivity contribution in [1.82, 2.24) is 9.78 Å². The highest BCUT2D eigenvalue weighted by Crippen LogP contribution is 2.21. The monoisotopic (exact) mass is 392 g/mol. The van der Waals surface area contributed by atoms with Crippen molar-refractivity contribution < 1.29 is 19.1 Å². The van der Waals surface area contributed by atoms with Gasteiger partial charge in [-0.25, -0.2) is 4.79 Å². The zero-order chi connectivity index (χ0) is 20.1. The van der Waals surface area contributed by atoms with Crippen molar-refractivity contribution in [3.63, 3.8) is 0 Å². The van der Waals surface area contributed by atoms with Gasteiger partial charge in [0.25, 0.3) is 5.91 Å². The second kappa shape index (κ2) is 8.68. The lowest BCUT2D eigenvalue weighted by atomic mass is 10.2. The van der Waals surface area contributed by atoms with Gasteiger partial charge in [-0.1, -0.05) is 25.4 Å². The van der Waals surface area contributed by atoms with Gasteiger partial charge in [0.05, 0.1) is 5.69 Å². The minimum absolute atomic E-state index is 0.149. The van der Waals surface area contributed by atoms with E-state index < -0.39 is 24.4 Å². The Morgan fingerprint density at radius 3 is 2.44 bits per heavy atom.